The molecule has 0 unspecified atom stereocenters. The number of aldehydes is 1. The summed E-state index contributed by atoms with van der Waals surface area (Å²) in [6.07, 6.45) is 7.26. The first-order chi connectivity index (χ1) is 13.6. The van der Waals surface area contributed by atoms with E-state index >= 15 is 0 Å². The van der Waals surface area contributed by atoms with Gasteiger partial charge >= 0.3 is 0 Å². The van der Waals surface area contributed by atoms with Crippen molar-refractivity contribution in [1.29, 1.82) is 0 Å². The zero-order valence-electron chi connectivity index (χ0n) is 16.6. The van der Waals surface area contributed by atoms with Gasteiger partial charge in [0.05, 0.1) is 20.5 Å². The number of ether oxygens (including phenoxy) is 2. The summed E-state index contributed by atoms with van der Waals surface area (Å²) in [6, 6.07) is 6.83. The van der Waals surface area contributed by atoms with E-state index in [0.29, 0.717) is 35.8 Å². The lowest BCUT2D eigenvalue weighted by molar-refractivity contribution is 0.102. The molecule has 28 heavy (non-hydrogen) atoms. The number of nitrogens with one attached hydrogen (secondary N) is 1. The Balaban J connectivity index is 2.09. The fourth-order valence-electron chi connectivity index (χ4n) is 2.85. The predicted molar refractivity (Wildman–Crippen MR) is 107 cm³/mol. The third-order valence-corrected chi connectivity index (χ3v) is 4.39. The summed E-state index contributed by atoms with van der Waals surface area (Å²) >= 11 is 0. The molecule has 1 aromatic carbocycles. The number of furan rings is 1. The van der Waals surface area contributed by atoms with Crippen molar-refractivity contribution in [3.05, 3.63) is 59.2 Å². The van der Waals surface area contributed by atoms with Crippen LogP contribution in [0.3, 0.4) is 0 Å². The van der Waals surface area contributed by atoms with Crippen molar-refractivity contribution >= 4 is 12.1 Å². The summed E-state index contributed by atoms with van der Waals surface area (Å²) in [7, 11) is 3.10. The van der Waals surface area contributed by atoms with Gasteiger partial charge in [-0.1, -0.05) is 13.3 Å². The Labute approximate surface area is 165 Å². The molecule has 2 aromatic rings. The number of benzene rings is 1. The van der Waals surface area contributed by atoms with Gasteiger partial charge in [0.25, 0.3) is 0 Å². The highest BCUT2D eigenvalue weighted by Crippen LogP contribution is 2.30. The van der Waals surface area contributed by atoms with E-state index in [1.165, 1.54) is 13.4 Å². The minimum Gasteiger partial charge on any atom is -0.493 e. The fourth-order valence-corrected chi connectivity index (χ4v) is 2.85. The third-order valence-electron chi connectivity index (χ3n) is 4.39. The van der Waals surface area contributed by atoms with Crippen molar-refractivity contribution in [2.45, 2.75) is 32.6 Å². The van der Waals surface area contributed by atoms with Gasteiger partial charge in [0.15, 0.2) is 17.3 Å². The molecule has 0 radical (unpaired) electrons. The first-order valence-corrected chi connectivity index (χ1v) is 9.35. The predicted octanol–water partition coefficient (Wildman–Crippen LogP) is 4.20. The Morgan fingerprint density at radius 1 is 1.21 bits per heavy atom. The van der Waals surface area contributed by atoms with Gasteiger partial charge in [-0.3, -0.25) is 9.59 Å². The van der Waals surface area contributed by atoms with Crippen LogP contribution in [0.2, 0.25) is 0 Å². The fraction of sp³-hybridized carbons (Fsp3) is 0.364. The van der Waals surface area contributed by atoms with Crippen LogP contribution in [0.25, 0.3) is 0 Å². The largest absolute Gasteiger partial charge is 0.493 e. The average molecular weight is 385 g/mol. The highest BCUT2D eigenvalue weighted by Gasteiger charge is 2.12. The van der Waals surface area contributed by atoms with Crippen molar-refractivity contribution in [2.75, 3.05) is 20.8 Å². The van der Waals surface area contributed by atoms with Crippen LogP contribution in [-0.4, -0.2) is 32.8 Å². The van der Waals surface area contributed by atoms with Crippen LogP contribution in [0.5, 0.6) is 11.5 Å². The minimum absolute atomic E-state index is 0.164. The Hall–Kier alpha value is -3.02. The highest BCUT2D eigenvalue weighted by atomic mass is 16.5. The lowest BCUT2D eigenvalue weighted by Gasteiger charge is -2.14. The van der Waals surface area contributed by atoms with E-state index in [1.807, 2.05) is 6.07 Å². The molecule has 0 bridgehead atoms. The van der Waals surface area contributed by atoms with Gasteiger partial charge in [-0.05, 0) is 49.1 Å². The number of carbonyl (C=O) groups excluding carboxylic acids is 2. The monoisotopic (exact) mass is 385 g/mol. The molecule has 0 aliphatic carbocycles. The molecule has 0 saturated carbocycles. The van der Waals surface area contributed by atoms with E-state index in [9.17, 15) is 9.59 Å². The second kappa shape index (κ2) is 11.0. The van der Waals surface area contributed by atoms with Gasteiger partial charge in [-0.2, -0.15) is 0 Å². The van der Waals surface area contributed by atoms with Crippen LogP contribution in [0.15, 0.2) is 46.7 Å². The SMILES string of the molecule is CCCC/C(=C/C(=O)c1ccco1)NCCc1cc(OC)c(OC)cc1C=O. The summed E-state index contributed by atoms with van der Waals surface area (Å²) in [6.45, 7) is 2.68. The van der Waals surface area contributed by atoms with Gasteiger partial charge < -0.3 is 19.2 Å². The molecular formula is C22H27NO5. The maximum Gasteiger partial charge on any atom is 0.222 e. The number of hydrogen-bond donors (Lipinski definition) is 1. The minimum atomic E-state index is -0.164. The zero-order chi connectivity index (χ0) is 20.4. The molecule has 1 aromatic heterocycles. The van der Waals surface area contributed by atoms with E-state index < -0.39 is 0 Å². The molecular weight excluding hydrogens is 358 g/mol. The summed E-state index contributed by atoms with van der Waals surface area (Å²) in [4.78, 5) is 23.7. The molecule has 1 heterocycles. The van der Waals surface area contributed by atoms with Crippen molar-refractivity contribution in [3.8, 4) is 11.5 Å². The Bertz CT molecular complexity index is 809. The average Bonchev–Trinajstić information content (AvgIpc) is 3.26. The summed E-state index contributed by atoms with van der Waals surface area (Å²) < 4.78 is 15.7. The molecule has 0 aliphatic rings. The Morgan fingerprint density at radius 3 is 2.57 bits per heavy atom. The smallest absolute Gasteiger partial charge is 0.222 e. The van der Waals surface area contributed by atoms with E-state index in [-0.39, 0.29) is 5.78 Å². The number of allylic oxidation sites excluding steroid dienone is 2. The van der Waals surface area contributed by atoms with E-state index in [0.717, 1.165) is 36.8 Å². The second-order valence-electron chi connectivity index (χ2n) is 6.32. The van der Waals surface area contributed by atoms with Crippen LogP contribution in [0, 0.1) is 0 Å². The van der Waals surface area contributed by atoms with Crippen LogP contribution >= 0.6 is 0 Å². The molecule has 0 saturated heterocycles. The lowest BCUT2D eigenvalue weighted by Crippen LogP contribution is -2.18. The summed E-state index contributed by atoms with van der Waals surface area (Å²) in [5.41, 5.74) is 2.27. The van der Waals surface area contributed by atoms with Gasteiger partial charge in [0.2, 0.25) is 5.78 Å². The quantitative estimate of drug-likeness (QED) is 0.335. The number of rotatable bonds is 12. The van der Waals surface area contributed by atoms with Crippen LogP contribution in [0.1, 0.15) is 52.7 Å². The maximum atomic E-state index is 12.3. The Morgan fingerprint density at radius 2 is 1.96 bits per heavy atom. The van der Waals surface area contributed by atoms with Crippen LogP contribution in [0.4, 0.5) is 0 Å². The molecule has 6 nitrogen and oxygen atoms in total. The number of unbranched alkanes of at least 4 members (excludes halogenated alkanes) is 1. The van der Waals surface area contributed by atoms with Crippen molar-refractivity contribution in [3.63, 3.8) is 0 Å². The molecule has 0 aliphatic heterocycles. The first-order valence-electron chi connectivity index (χ1n) is 9.35. The number of hydrogen-bond acceptors (Lipinski definition) is 6. The normalized spacial score (nSPS) is 11.2. The van der Waals surface area contributed by atoms with Crippen molar-refractivity contribution in [2.24, 2.45) is 0 Å². The molecule has 150 valence electrons. The molecule has 1 N–H and O–H groups in total. The Kier molecular flexibility index (Phi) is 8.34. The van der Waals surface area contributed by atoms with Gasteiger partial charge in [0.1, 0.15) is 6.29 Å². The number of ketones is 1. The van der Waals surface area contributed by atoms with E-state index in [4.69, 9.17) is 13.9 Å². The molecule has 2 rings (SSSR count). The highest BCUT2D eigenvalue weighted by molar-refractivity contribution is 6.02. The zero-order valence-corrected chi connectivity index (χ0v) is 16.6. The first kappa shape index (κ1) is 21.3. The maximum absolute atomic E-state index is 12.3. The van der Waals surface area contributed by atoms with E-state index in [2.05, 4.69) is 12.2 Å². The standard InChI is InChI=1S/C22H27NO5/c1-4-5-7-18(14-19(25)20-8-6-11-28-20)23-10-9-16-12-21(26-2)22(27-3)13-17(16)15-24/h6,8,11-15,23H,4-5,7,9-10H2,1-3H3/b18-14-. The summed E-state index contributed by atoms with van der Waals surface area (Å²) in [5, 5.41) is 3.32. The van der Waals surface area contributed by atoms with Crippen LogP contribution in [-0.2, 0) is 6.42 Å². The molecule has 0 spiro atoms. The van der Waals surface area contributed by atoms with Crippen molar-refractivity contribution in [1.82, 2.24) is 5.32 Å². The molecule has 0 amide bonds. The lowest BCUT2D eigenvalue weighted by atomic mass is 10.0. The van der Waals surface area contributed by atoms with Gasteiger partial charge in [0, 0.05) is 23.9 Å². The van der Waals surface area contributed by atoms with Gasteiger partial charge in [-0.25, -0.2) is 0 Å². The summed E-state index contributed by atoms with van der Waals surface area (Å²) in [5.74, 6) is 1.26. The molecule has 0 atom stereocenters. The third kappa shape index (κ3) is 5.74. The number of methoxy groups -OCH3 is 2. The molecule has 6 heteroatoms. The van der Waals surface area contributed by atoms with E-state index in [1.54, 1.807) is 31.4 Å². The number of carbonyl (C=O) groups is 2. The van der Waals surface area contributed by atoms with Gasteiger partial charge in [-0.15, -0.1) is 0 Å². The van der Waals surface area contributed by atoms with Crippen molar-refractivity contribution < 1.29 is 23.5 Å². The topological polar surface area (TPSA) is 77.8 Å². The van der Waals surface area contributed by atoms with Crippen LogP contribution < -0.4 is 14.8 Å². The second-order valence-corrected chi connectivity index (χ2v) is 6.32. The molecule has 0 fully saturated rings.